The number of halogens is 1. The van der Waals surface area contributed by atoms with Gasteiger partial charge in [-0.25, -0.2) is 0 Å². The Balaban J connectivity index is 0.00000200. The lowest BCUT2D eigenvalue weighted by atomic mass is 10.0. The van der Waals surface area contributed by atoms with Crippen molar-refractivity contribution in [1.29, 1.82) is 0 Å². The average molecular weight is 303 g/mol. The molecule has 2 rings (SSSR count). The molecule has 1 N–H and O–H groups in total. The van der Waals surface area contributed by atoms with Gasteiger partial charge in [-0.3, -0.25) is 4.90 Å². The van der Waals surface area contributed by atoms with Gasteiger partial charge in [0.2, 0.25) is 5.89 Å². The molecule has 0 spiro atoms. The molecular weight excluding hydrogens is 276 g/mol. The first-order valence-corrected chi connectivity index (χ1v) is 7.48. The second-order valence-corrected chi connectivity index (χ2v) is 5.66. The number of rotatable bonds is 6. The van der Waals surface area contributed by atoms with E-state index < -0.39 is 0 Å². The van der Waals surface area contributed by atoms with Crippen LogP contribution in [0.2, 0.25) is 0 Å². The molecule has 1 saturated heterocycles. The Morgan fingerprint density at radius 1 is 1.35 bits per heavy atom. The van der Waals surface area contributed by atoms with E-state index in [1.54, 1.807) is 0 Å². The predicted octanol–water partition coefficient (Wildman–Crippen LogP) is 2.58. The van der Waals surface area contributed by atoms with E-state index in [0.29, 0.717) is 12.0 Å². The molecule has 0 atom stereocenters. The number of aromatic nitrogens is 2. The third-order valence-electron chi connectivity index (χ3n) is 3.66. The summed E-state index contributed by atoms with van der Waals surface area (Å²) in [6.07, 6.45) is 3.60. The van der Waals surface area contributed by atoms with Gasteiger partial charge in [-0.05, 0) is 38.9 Å². The van der Waals surface area contributed by atoms with E-state index in [4.69, 9.17) is 4.52 Å². The molecular formula is C14H27ClN4O. The van der Waals surface area contributed by atoms with Crippen LogP contribution in [0.15, 0.2) is 4.52 Å². The summed E-state index contributed by atoms with van der Waals surface area (Å²) in [6, 6.07) is 0.655. The van der Waals surface area contributed by atoms with Gasteiger partial charge in [0.25, 0.3) is 0 Å². The average Bonchev–Trinajstić information content (AvgIpc) is 2.88. The molecule has 0 saturated carbocycles. The molecule has 0 aromatic carbocycles. The van der Waals surface area contributed by atoms with Crippen LogP contribution in [-0.4, -0.2) is 40.7 Å². The van der Waals surface area contributed by atoms with E-state index in [1.165, 1.54) is 19.3 Å². The maximum absolute atomic E-state index is 5.29. The van der Waals surface area contributed by atoms with Crippen molar-refractivity contribution < 1.29 is 4.52 Å². The van der Waals surface area contributed by atoms with Crippen molar-refractivity contribution in [2.45, 2.75) is 58.5 Å². The van der Waals surface area contributed by atoms with Crippen molar-refractivity contribution in [3.8, 4) is 0 Å². The van der Waals surface area contributed by atoms with E-state index in [2.05, 4.69) is 41.1 Å². The minimum Gasteiger partial charge on any atom is -0.339 e. The zero-order valence-corrected chi connectivity index (χ0v) is 13.6. The maximum atomic E-state index is 5.29. The zero-order chi connectivity index (χ0) is 13.7. The molecule has 1 fully saturated rings. The number of nitrogens with one attached hydrogen (secondary N) is 1. The fourth-order valence-electron chi connectivity index (χ4n) is 2.60. The lowest BCUT2D eigenvalue weighted by Gasteiger charge is -2.33. The van der Waals surface area contributed by atoms with Crippen LogP contribution in [0.25, 0.3) is 0 Å². The Hall–Kier alpha value is -0.650. The molecule has 0 aliphatic carbocycles. The van der Waals surface area contributed by atoms with Crippen LogP contribution in [0.1, 0.15) is 57.7 Å². The first-order chi connectivity index (χ1) is 9.20. The van der Waals surface area contributed by atoms with Gasteiger partial charge in [0.05, 0.1) is 6.54 Å². The van der Waals surface area contributed by atoms with E-state index in [-0.39, 0.29) is 12.4 Å². The van der Waals surface area contributed by atoms with Gasteiger partial charge in [0.15, 0.2) is 5.82 Å². The van der Waals surface area contributed by atoms with E-state index >= 15 is 0 Å². The fourth-order valence-corrected chi connectivity index (χ4v) is 2.60. The van der Waals surface area contributed by atoms with Crippen LogP contribution < -0.4 is 5.32 Å². The highest BCUT2D eigenvalue weighted by molar-refractivity contribution is 5.85. The van der Waals surface area contributed by atoms with Crippen molar-refractivity contribution in [1.82, 2.24) is 20.4 Å². The minimum absolute atomic E-state index is 0. The molecule has 1 aromatic heterocycles. The van der Waals surface area contributed by atoms with Gasteiger partial charge < -0.3 is 9.84 Å². The zero-order valence-electron chi connectivity index (χ0n) is 12.8. The third-order valence-corrected chi connectivity index (χ3v) is 3.66. The lowest BCUT2D eigenvalue weighted by Crippen LogP contribution is -2.43. The van der Waals surface area contributed by atoms with Gasteiger partial charge in [-0.1, -0.05) is 25.9 Å². The van der Waals surface area contributed by atoms with Crippen LogP contribution in [0.3, 0.4) is 0 Å². The van der Waals surface area contributed by atoms with Gasteiger partial charge in [-0.15, -0.1) is 12.4 Å². The Morgan fingerprint density at radius 3 is 2.60 bits per heavy atom. The Bertz CT molecular complexity index is 377. The Kier molecular flexibility index (Phi) is 7.48. The van der Waals surface area contributed by atoms with Crippen LogP contribution in [-0.2, 0) is 6.54 Å². The molecule has 0 bridgehead atoms. The van der Waals surface area contributed by atoms with Crippen LogP contribution in [0, 0.1) is 0 Å². The largest absolute Gasteiger partial charge is 0.339 e. The molecule has 1 aliphatic rings. The molecule has 1 aliphatic heterocycles. The highest BCUT2D eigenvalue weighted by Crippen LogP contribution is 2.16. The van der Waals surface area contributed by atoms with Crippen molar-refractivity contribution >= 4 is 12.4 Å². The van der Waals surface area contributed by atoms with Crippen LogP contribution in [0.5, 0.6) is 0 Å². The second-order valence-electron chi connectivity index (χ2n) is 5.66. The quantitative estimate of drug-likeness (QED) is 0.875. The standard InChI is InChI=1S/C14H26N4O.ClH/c1-4-9-18(12-5-7-15-8-6-12)10-13-16-14(11(2)3)19-17-13;/h11-12,15H,4-10H2,1-3H3;1H. The van der Waals surface area contributed by atoms with Crippen LogP contribution in [0.4, 0.5) is 0 Å². The van der Waals surface area contributed by atoms with Crippen molar-refractivity contribution in [2.24, 2.45) is 0 Å². The third kappa shape index (κ3) is 4.72. The van der Waals surface area contributed by atoms with Gasteiger partial charge in [-0.2, -0.15) is 4.98 Å². The predicted molar refractivity (Wildman–Crippen MR) is 82.2 cm³/mol. The molecule has 20 heavy (non-hydrogen) atoms. The van der Waals surface area contributed by atoms with Crippen molar-refractivity contribution in [3.05, 3.63) is 11.7 Å². The molecule has 0 radical (unpaired) electrons. The lowest BCUT2D eigenvalue weighted by molar-refractivity contribution is 0.149. The first kappa shape index (κ1) is 17.4. The van der Waals surface area contributed by atoms with Gasteiger partial charge in [0.1, 0.15) is 0 Å². The number of hydrogen-bond acceptors (Lipinski definition) is 5. The van der Waals surface area contributed by atoms with E-state index in [9.17, 15) is 0 Å². The van der Waals surface area contributed by atoms with E-state index in [1.807, 2.05) is 0 Å². The minimum atomic E-state index is 0. The Morgan fingerprint density at radius 2 is 2.05 bits per heavy atom. The summed E-state index contributed by atoms with van der Waals surface area (Å²) in [6.45, 7) is 10.5. The summed E-state index contributed by atoms with van der Waals surface area (Å²) in [7, 11) is 0. The SMILES string of the molecule is CCCN(Cc1noc(C(C)C)n1)C1CCNCC1.Cl. The summed E-state index contributed by atoms with van der Waals surface area (Å²) in [5, 5.41) is 7.53. The molecule has 0 unspecified atom stereocenters. The molecule has 5 nitrogen and oxygen atoms in total. The molecule has 1 aromatic rings. The van der Waals surface area contributed by atoms with Crippen molar-refractivity contribution in [3.63, 3.8) is 0 Å². The fraction of sp³-hybridized carbons (Fsp3) is 0.857. The summed E-state index contributed by atoms with van der Waals surface area (Å²) < 4.78 is 5.29. The molecule has 6 heteroatoms. The molecule has 0 amide bonds. The van der Waals surface area contributed by atoms with E-state index in [0.717, 1.165) is 37.9 Å². The summed E-state index contributed by atoms with van der Waals surface area (Å²) in [4.78, 5) is 7.00. The number of hydrogen-bond donors (Lipinski definition) is 1. The monoisotopic (exact) mass is 302 g/mol. The second kappa shape index (κ2) is 8.60. The smallest absolute Gasteiger partial charge is 0.229 e. The summed E-state index contributed by atoms with van der Waals surface area (Å²) in [5.74, 6) is 1.88. The van der Waals surface area contributed by atoms with Crippen LogP contribution >= 0.6 is 12.4 Å². The normalized spacial score (nSPS) is 16.6. The molecule has 2 heterocycles. The molecule has 116 valence electrons. The topological polar surface area (TPSA) is 54.2 Å². The Labute approximate surface area is 127 Å². The highest BCUT2D eigenvalue weighted by Gasteiger charge is 2.22. The summed E-state index contributed by atoms with van der Waals surface area (Å²) in [5.41, 5.74) is 0. The highest BCUT2D eigenvalue weighted by atomic mass is 35.5. The van der Waals surface area contributed by atoms with Gasteiger partial charge in [0, 0.05) is 12.0 Å². The maximum Gasteiger partial charge on any atom is 0.229 e. The number of piperidine rings is 1. The first-order valence-electron chi connectivity index (χ1n) is 7.48. The van der Waals surface area contributed by atoms with Crippen molar-refractivity contribution in [2.75, 3.05) is 19.6 Å². The summed E-state index contributed by atoms with van der Waals surface area (Å²) >= 11 is 0. The number of nitrogens with zero attached hydrogens (tertiary/aromatic N) is 3. The van der Waals surface area contributed by atoms with Gasteiger partial charge >= 0.3 is 0 Å².